The lowest BCUT2D eigenvalue weighted by molar-refractivity contribution is -0.103. The molecule has 4 rings (SSSR count). The first-order valence-electron chi connectivity index (χ1n) is 13.8. The van der Waals surface area contributed by atoms with Gasteiger partial charge in [0.1, 0.15) is 0 Å². The molecule has 4 aliphatic rings. The van der Waals surface area contributed by atoms with Crippen LogP contribution >= 0.6 is 0 Å². The van der Waals surface area contributed by atoms with E-state index in [4.69, 9.17) is 0 Å². The quantitative estimate of drug-likeness (QED) is 0.441. The molecule has 0 aromatic carbocycles. The van der Waals surface area contributed by atoms with Gasteiger partial charge in [0, 0.05) is 0 Å². The summed E-state index contributed by atoms with van der Waals surface area (Å²) in [5, 5.41) is 32.9. The lowest BCUT2D eigenvalue weighted by Gasteiger charge is -2.59. The van der Waals surface area contributed by atoms with E-state index >= 15 is 0 Å². The van der Waals surface area contributed by atoms with Crippen molar-refractivity contribution in [3.8, 4) is 0 Å². The van der Waals surface area contributed by atoms with Crippen LogP contribution < -0.4 is 0 Å². The van der Waals surface area contributed by atoms with E-state index in [2.05, 4.69) is 47.6 Å². The van der Waals surface area contributed by atoms with Gasteiger partial charge < -0.3 is 15.3 Å². The van der Waals surface area contributed by atoms with Gasteiger partial charge in [-0.3, -0.25) is 0 Å². The Labute approximate surface area is 197 Å². The third kappa shape index (κ3) is 3.93. The Hall–Kier alpha value is -0.380. The standard InChI is InChI=1S/C29H50O3/c1-7-19(17(2)3)14-25(31)18(4)22-8-9-23-27-24(11-13-29(22,23)6)28(5)12-10-21(30)15-20(28)16-26(27)32/h16-19,21-27,30-32H,7-15H2,1-6H3/t18-,19+,21-,22?,23-,24-,25+,26+,27-,28-,29+/m0/s1. The van der Waals surface area contributed by atoms with E-state index in [9.17, 15) is 15.3 Å². The maximum Gasteiger partial charge on any atom is 0.0757 e. The van der Waals surface area contributed by atoms with E-state index in [1.54, 1.807) is 0 Å². The first-order valence-corrected chi connectivity index (χ1v) is 13.8. The lowest BCUT2D eigenvalue weighted by Crippen LogP contribution is -2.55. The summed E-state index contributed by atoms with van der Waals surface area (Å²) in [7, 11) is 0. The van der Waals surface area contributed by atoms with Crippen molar-refractivity contribution in [1.82, 2.24) is 0 Å². The summed E-state index contributed by atoms with van der Waals surface area (Å²) in [6.07, 6.45) is 10.9. The van der Waals surface area contributed by atoms with E-state index in [1.807, 2.05) is 0 Å². The predicted molar refractivity (Wildman–Crippen MR) is 131 cm³/mol. The minimum Gasteiger partial charge on any atom is -0.393 e. The molecule has 0 spiro atoms. The first-order chi connectivity index (χ1) is 15.0. The third-order valence-corrected chi connectivity index (χ3v) is 11.4. The Bertz CT molecular complexity index is 701. The van der Waals surface area contributed by atoms with Crippen molar-refractivity contribution >= 4 is 0 Å². The summed E-state index contributed by atoms with van der Waals surface area (Å²) in [5.41, 5.74) is 1.70. The molecule has 3 saturated carbocycles. The van der Waals surface area contributed by atoms with Crippen LogP contribution in [0.1, 0.15) is 99.3 Å². The van der Waals surface area contributed by atoms with E-state index in [0.29, 0.717) is 41.4 Å². The summed E-state index contributed by atoms with van der Waals surface area (Å²) in [5.74, 6) is 3.51. The molecule has 11 atom stereocenters. The average Bonchev–Trinajstić information content (AvgIpc) is 3.09. The van der Waals surface area contributed by atoms with E-state index in [0.717, 1.165) is 32.1 Å². The number of hydrogen-bond acceptors (Lipinski definition) is 3. The van der Waals surface area contributed by atoms with Gasteiger partial charge >= 0.3 is 0 Å². The van der Waals surface area contributed by atoms with Crippen LogP contribution in [0.3, 0.4) is 0 Å². The molecule has 4 aliphatic carbocycles. The normalized spacial score (nSPS) is 46.6. The van der Waals surface area contributed by atoms with Crippen LogP contribution in [-0.4, -0.2) is 33.6 Å². The Balaban J connectivity index is 1.55. The molecule has 3 heteroatoms. The predicted octanol–water partition coefficient (Wildman–Crippen LogP) is 5.97. The zero-order valence-electron chi connectivity index (χ0n) is 21.6. The van der Waals surface area contributed by atoms with Crippen molar-refractivity contribution in [2.75, 3.05) is 0 Å². The van der Waals surface area contributed by atoms with Crippen LogP contribution in [0.5, 0.6) is 0 Å². The Morgan fingerprint density at radius 2 is 1.72 bits per heavy atom. The van der Waals surface area contributed by atoms with Gasteiger partial charge in [0.25, 0.3) is 0 Å². The fourth-order valence-electron chi connectivity index (χ4n) is 9.24. The van der Waals surface area contributed by atoms with Crippen LogP contribution in [0.4, 0.5) is 0 Å². The van der Waals surface area contributed by atoms with Gasteiger partial charge in [0.15, 0.2) is 0 Å². The van der Waals surface area contributed by atoms with Crippen LogP contribution in [-0.2, 0) is 0 Å². The van der Waals surface area contributed by atoms with Gasteiger partial charge in [-0.25, -0.2) is 0 Å². The lowest BCUT2D eigenvalue weighted by atomic mass is 9.46. The summed E-state index contributed by atoms with van der Waals surface area (Å²) in [4.78, 5) is 0. The summed E-state index contributed by atoms with van der Waals surface area (Å²) < 4.78 is 0. The molecule has 32 heavy (non-hydrogen) atoms. The molecule has 0 heterocycles. The van der Waals surface area contributed by atoms with Crippen molar-refractivity contribution in [3.63, 3.8) is 0 Å². The summed E-state index contributed by atoms with van der Waals surface area (Å²) in [6.45, 7) is 14.1. The molecule has 0 aromatic rings. The van der Waals surface area contributed by atoms with Crippen molar-refractivity contribution in [1.29, 1.82) is 0 Å². The van der Waals surface area contributed by atoms with Gasteiger partial charge in [-0.1, -0.05) is 59.6 Å². The minimum atomic E-state index is -0.373. The second kappa shape index (κ2) is 9.00. The Morgan fingerprint density at radius 1 is 1.00 bits per heavy atom. The SMILES string of the molecule is CC[C@H](C[C@@H](O)[C@@H](C)C1CC[C@H]2[C@@H]3[C@H](O)C=C4C[C@@H](O)CC[C@]4(C)[C@H]3CC[C@]12C)C(C)C. The molecule has 0 saturated heterocycles. The molecule has 3 nitrogen and oxygen atoms in total. The number of aliphatic hydroxyl groups is 3. The highest BCUT2D eigenvalue weighted by Crippen LogP contribution is 2.67. The van der Waals surface area contributed by atoms with E-state index in [1.165, 1.54) is 31.3 Å². The van der Waals surface area contributed by atoms with Crippen molar-refractivity contribution in [2.24, 2.45) is 52.3 Å². The summed E-state index contributed by atoms with van der Waals surface area (Å²) in [6, 6.07) is 0. The first kappa shape index (κ1) is 24.7. The molecule has 3 N–H and O–H groups in total. The smallest absolute Gasteiger partial charge is 0.0757 e. The van der Waals surface area contributed by atoms with Gasteiger partial charge in [-0.15, -0.1) is 0 Å². The highest BCUT2D eigenvalue weighted by Gasteiger charge is 2.61. The van der Waals surface area contributed by atoms with Crippen molar-refractivity contribution < 1.29 is 15.3 Å². The van der Waals surface area contributed by atoms with Crippen molar-refractivity contribution in [2.45, 2.75) is 118 Å². The molecule has 0 aromatic heterocycles. The molecule has 0 aliphatic heterocycles. The molecular formula is C29H50O3. The second-order valence-electron chi connectivity index (χ2n) is 13.1. The van der Waals surface area contributed by atoms with Crippen LogP contribution in [0.15, 0.2) is 11.6 Å². The van der Waals surface area contributed by atoms with Crippen molar-refractivity contribution in [3.05, 3.63) is 11.6 Å². The molecular weight excluding hydrogens is 396 g/mol. The maximum atomic E-state index is 11.3. The molecule has 0 radical (unpaired) electrons. The fourth-order valence-corrected chi connectivity index (χ4v) is 9.24. The molecule has 184 valence electrons. The third-order valence-electron chi connectivity index (χ3n) is 11.4. The number of aliphatic hydroxyl groups excluding tert-OH is 3. The van der Waals surface area contributed by atoms with Gasteiger partial charge in [-0.05, 0) is 104 Å². The number of fused-ring (bicyclic) bond motifs is 5. The Morgan fingerprint density at radius 3 is 2.38 bits per heavy atom. The zero-order chi connectivity index (χ0) is 23.4. The van der Waals surface area contributed by atoms with Gasteiger partial charge in [0.2, 0.25) is 0 Å². The summed E-state index contributed by atoms with van der Waals surface area (Å²) >= 11 is 0. The highest BCUT2D eigenvalue weighted by atomic mass is 16.3. The molecule has 0 amide bonds. The highest BCUT2D eigenvalue weighted by molar-refractivity contribution is 5.28. The average molecular weight is 447 g/mol. The van der Waals surface area contributed by atoms with Gasteiger partial charge in [0.05, 0.1) is 18.3 Å². The monoisotopic (exact) mass is 446 g/mol. The van der Waals surface area contributed by atoms with Gasteiger partial charge in [-0.2, -0.15) is 0 Å². The van der Waals surface area contributed by atoms with E-state index < -0.39 is 0 Å². The van der Waals surface area contributed by atoms with Crippen LogP contribution in [0.25, 0.3) is 0 Å². The number of hydrogen-bond donors (Lipinski definition) is 3. The number of rotatable bonds is 6. The zero-order valence-corrected chi connectivity index (χ0v) is 21.6. The van der Waals surface area contributed by atoms with Crippen LogP contribution in [0.2, 0.25) is 0 Å². The Kier molecular flexibility index (Phi) is 6.96. The molecule has 3 fully saturated rings. The fraction of sp³-hybridized carbons (Fsp3) is 0.931. The topological polar surface area (TPSA) is 60.7 Å². The minimum absolute atomic E-state index is 0.152. The largest absolute Gasteiger partial charge is 0.393 e. The second-order valence-corrected chi connectivity index (χ2v) is 13.1. The molecule has 1 unspecified atom stereocenters. The maximum absolute atomic E-state index is 11.3. The van der Waals surface area contributed by atoms with Crippen LogP contribution in [0, 0.1) is 52.3 Å². The molecule has 0 bridgehead atoms. The van der Waals surface area contributed by atoms with E-state index in [-0.39, 0.29) is 29.1 Å².